The van der Waals surface area contributed by atoms with Crippen LogP contribution in [0.5, 0.6) is 0 Å². The Kier molecular flexibility index (Phi) is 7.29. The topological polar surface area (TPSA) is 41.9 Å². The number of hydrogen-bond donors (Lipinski definition) is 0. The second kappa shape index (κ2) is 12.6. The van der Waals surface area contributed by atoms with Crippen molar-refractivity contribution in [2.45, 2.75) is 0 Å². The summed E-state index contributed by atoms with van der Waals surface area (Å²) >= 11 is 1.82. The maximum Gasteiger partial charge on any atom is 0.0795 e. The molecule has 10 rings (SSSR count). The Labute approximate surface area is 305 Å². The van der Waals surface area contributed by atoms with Gasteiger partial charge in [0.15, 0.2) is 0 Å². The number of nitrogens with zero attached hydrogens (tertiary/aromatic N) is 4. The highest BCUT2D eigenvalue weighted by Crippen LogP contribution is 2.41. The fourth-order valence-electron chi connectivity index (χ4n) is 7.12. The molecule has 0 radical (unpaired) electrons. The van der Waals surface area contributed by atoms with Crippen LogP contribution in [0.1, 0.15) is 0 Å². The first-order valence-corrected chi connectivity index (χ1v) is 18.2. The van der Waals surface area contributed by atoms with E-state index in [0.29, 0.717) is 0 Å². The van der Waals surface area contributed by atoms with E-state index in [-0.39, 0.29) is 0 Å². The molecule has 0 saturated carbocycles. The quantitative estimate of drug-likeness (QED) is 0.175. The zero-order chi connectivity index (χ0) is 34.4. The summed E-state index contributed by atoms with van der Waals surface area (Å²) < 4.78 is 2.53. The van der Waals surface area contributed by atoms with Gasteiger partial charge in [0, 0.05) is 70.9 Å². The number of aromatic nitrogens is 3. The second-order valence-corrected chi connectivity index (χ2v) is 14.0. The van der Waals surface area contributed by atoms with Gasteiger partial charge in [-0.2, -0.15) is 0 Å². The minimum absolute atomic E-state index is 0.955. The summed E-state index contributed by atoms with van der Waals surface area (Å²) in [5.41, 5.74) is 11.3. The molecular formula is C47H30N4S. The number of pyridine rings is 3. The lowest BCUT2D eigenvalue weighted by atomic mass is 10.0. The normalized spacial score (nSPS) is 11.5. The van der Waals surface area contributed by atoms with Gasteiger partial charge in [0.1, 0.15) is 0 Å². The molecule has 0 bridgehead atoms. The van der Waals surface area contributed by atoms with Crippen molar-refractivity contribution in [3.05, 3.63) is 182 Å². The number of para-hydroxylation sites is 2. The van der Waals surface area contributed by atoms with Crippen molar-refractivity contribution < 1.29 is 0 Å². The minimum atomic E-state index is 0.955. The number of rotatable bonds is 6. The summed E-state index contributed by atoms with van der Waals surface area (Å²) in [6.07, 6.45) is 1.92. The maximum atomic E-state index is 4.94. The molecule has 0 fully saturated rings. The first-order chi connectivity index (χ1) is 25.7. The fraction of sp³-hybridized carbons (Fsp3) is 0. The molecule has 0 aliphatic rings. The van der Waals surface area contributed by atoms with Gasteiger partial charge in [-0.25, -0.2) is 9.97 Å². The lowest BCUT2D eigenvalue weighted by Crippen LogP contribution is -2.10. The predicted octanol–water partition coefficient (Wildman–Crippen LogP) is 13.0. The molecule has 4 aromatic heterocycles. The molecule has 244 valence electrons. The zero-order valence-electron chi connectivity index (χ0n) is 28.0. The molecule has 0 aliphatic heterocycles. The summed E-state index contributed by atoms with van der Waals surface area (Å²) in [5.74, 6) is 0. The molecule has 4 nitrogen and oxygen atoms in total. The number of benzene rings is 6. The molecule has 0 atom stereocenters. The highest BCUT2D eigenvalue weighted by molar-refractivity contribution is 7.25. The van der Waals surface area contributed by atoms with Crippen LogP contribution >= 0.6 is 11.3 Å². The molecule has 10 aromatic rings. The van der Waals surface area contributed by atoms with Crippen LogP contribution in [0.2, 0.25) is 0 Å². The Morgan fingerprint density at radius 1 is 0.404 bits per heavy atom. The zero-order valence-corrected chi connectivity index (χ0v) is 28.8. The number of anilines is 3. The molecule has 4 heterocycles. The molecule has 0 saturated heterocycles. The minimum Gasteiger partial charge on any atom is -0.311 e. The van der Waals surface area contributed by atoms with Crippen molar-refractivity contribution in [2.24, 2.45) is 0 Å². The van der Waals surface area contributed by atoms with Crippen LogP contribution in [0.15, 0.2) is 182 Å². The molecular weight excluding hydrogens is 653 g/mol. The van der Waals surface area contributed by atoms with Crippen LogP contribution in [0.25, 0.3) is 75.8 Å². The van der Waals surface area contributed by atoms with Crippen LogP contribution in [-0.4, -0.2) is 15.0 Å². The van der Waals surface area contributed by atoms with Crippen LogP contribution in [0.3, 0.4) is 0 Å². The molecule has 52 heavy (non-hydrogen) atoms. The van der Waals surface area contributed by atoms with Crippen molar-refractivity contribution in [1.29, 1.82) is 0 Å². The Bertz CT molecular complexity index is 2770. The van der Waals surface area contributed by atoms with E-state index in [4.69, 9.17) is 15.0 Å². The number of fused-ring (bicyclic) bond motifs is 5. The van der Waals surface area contributed by atoms with Crippen molar-refractivity contribution in [3.8, 4) is 33.8 Å². The molecule has 5 heteroatoms. The lowest BCUT2D eigenvalue weighted by molar-refractivity contribution is 1.28. The fourth-order valence-corrected chi connectivity index (χ4v) is 8.22. The predicted molar refractivity (Wildman–Crippen MR) is 219 cm³/mol. The van der Waals surface area contributed by atoms with E-state index < -0.39 is 0 Å². The Balaban J connectivity index is 1.04. The third-order valence-corrected chi connectivity index (χ3v) is 10.9. The SMILES string of the molecule is c1ccc2nc(-c3ccc(N(c4ccc(-c5ccc6ccccc6n5)cc4)c4ccc(-c5nccc6sc7ccccc7c56)cc4)cc3)ccc2c1. The summed E-state index contributed by atoms with van der Waals surface area (Å²) in [4.78, 5) is 17.1. The average Bonchev–Trinajstić information content (AvgIpc) is 3.61. The summed E-state index contributed by atoms with van der Waals surface area (Å²) in [5, 5.41) is 4.73. The van der Waals surface area contributed by atoms with Crippen LogP contribution in [-0.2, 0) is 0 Å². The Morgan fingerprint density at radius 3 is 1.48 bits per heavy atom. The van der Waals surface area contributed by atoms with Crippen molar-refractivity contribution in [1.82, 2.24) is 15.0 Å². The smallest absolute Gasteiger partial charge is 0.0795 e. The summed E-state index contributed by atoms with van der Waals surface area (Å²) in [6, 6.07) is 61.8. The average molecular weight is 683 g/mol. The van der Waals surface area contributed by atoms with Gasteiger partial charge < -0.3 is 4.90 Å². The number of thiophene rings is 1. The lowest BCUT2D eigenvalue weighted by Gasteiger charge is -2.26. The maximum absolute atomic E-state index is 4.94. The second-order valence-electron chi connectivity index (χ2n) is 12.9. The van der Waals surface area contributed by atoms with E-state index in [1.54, 1.807) is 0 Å². The van der Waals surface area contributed by atoms with Gasteiger partial charge in [-0.15, -0.1) is 11.3 Å². The van der Waals surface area contributed by atoms with Gasteiger partial charge in [0.05, 0.1) is 28.1 Å². The van der Waals surface area contributed by atoms with Crippen molar-refractivity contribution in [3.63, 3.8) is 0 Å². The van der Waals surface area contributed by atoms with Gasteiger partial charge in [0.25, 0.3) is 0 Å². The van der Waals surface area contributed by atoms with Gasteiger partial charge in [0.2, 0.25) is 0 Å². The van der Waals surface area contributed by atoms with Gasteiger partial charge in [-0.3, -0.25) is 4.98 Å². The molecule has 0 amide bonds. The standard InChI is InChI=1S/C47H30N4S/c1-4-10-40-31(7-1)19-27-42(49-40)33-13-21-36(22-14-33)51(37-23-15-34(16-24-37)43-28-20-32-8-2-5-11-41(32)50-43)38-25-17-35(18-26-38)47-46-39-9-3-6-12-44(39)52-45(46)29-30-48-47/h1-30H. The van der Waals surface area contributed by atoms with Crippen LogP contribution < -0.4 is 4.90 Å². The van der Waals surface area contributed by atoms with Crippen LogP contribution in [0.4, 0.5) is 17.1 Å². The van der Waals surface area contributed by atoms with E-state index in [0.717, 1.165) is 72.6 Å². The van der Waals surface area contributed by atoms with E-state index in [2.05, 4.69) is 157 Å². The van der Waals surface area contributed by atoms with E-state index in [1.165, 1.54) is 20.2 Å². The molecule has 0 spiro atoms. The van der Waals surface area contributed by atoms with Crippen molar-refractivity contribution in [2.75, 3.05) is 4.90 Å². The van der Waals surface area contributed by atoms with Gasteiger partial charge >= 0.3 is 0 Å². The first-order valence-electron chi connectivity index (χ1n) is 17.3. The monoisotopic (exact) mass is 682 g/mol. The molecule has 0 unspecified atom stereocenters. The van der Waals surface area contributed by atoms with Crippen LogP contribution in [0, 0.1) is 0 Å². The van der Waals surface area contributed by atoms with E-state index in [1.807, 2.05) is 41.8 Å². The molecule has 6 aromatic carbocycles. The van der Waals surface area contributed by atoms with E-state index >= 15 is 0 Å². The largest absolute Gasteiger partial charge is 0.311 e. The first kappa shape index (κ1) is 30.2. The van der Waals surface area contributed by atoms with E-state index in [9.17, 15) is 0 Å². The Morgan fingerprint density at radius 2 is 0.904 bits per heavy atom. The molecule has 0 N–H and O–H groups in total. The highest BCUT2D eigenvalue weighted by atomic mass is 32.1. The van der Waals surface area contributed by atoms with Gasteiger partial charge in [-0.1, -0.05) is 103 Å². The Hall–Kier alpha value is -6.69. The molecule has 0 aliphatic carbocycles. The number of hydrogen-bond acceptors (Lipinski definition) is 5. The summed E-state index contributed by atoms with van der Waals surface area (Å²) in [7, 11) is 0. The highest BCUT2D eigenvalue weighted by Gasteiger charge is 2.16. The van der Waals surface area contributed by atoms with Crippen molar-refractivity contribution >= 4 is 70.4 Å². The third kappa shape index (κ3) is 5.36. The van der Waals surface area contributed by atoms with Gasteiger partial charge in [-0.05, 0) is 72.8 Å². The third-order valence-electron chi connectivity index (χ3n) is 9.73. The summed E-state index contributed by atoms with van der Waals surface area (Å²) in [6.45, 7) is 0.